The molecule has 0 bridgehead atoms. The molecule has 27 heavy (non-hydrogen) atoms. The van der Waals surface area contributed by atoms with Crippen molar-refractivity contribution in [3.05, 3.63) is 113 Å². The number of aromatic hydroxyl groups is 1. The molecule has 0 saturated heterocycles. The Morgan fingerprint density at radius 3 is 2.22 bits per heavy atom. The molecule has 0 spiro atoms. The molecule has 4 rings (SSSR count). The molecule has 0 aliphatic rings. The molecule has 0 aromatic heterocycles. The van der Waals surface area contributed by atoms with E-state index in [1.165, 1.54) is 5.56 Å². The molecule has 130 valence electrons. The molecular formula is C26H20O. The number of hydrogen-bond donors (Lipinski definition) is 1. The summed E-state index contributed by atoms with van der Waals surface area (Å²) >= 11 is 0. The van der Waals surface area contributed by atoms with Crippen LogP contribution in [0.2, 0.25) is 0 Å². The average Bonchev–Trinajstić information content (AvgIpc) is 2.71. The van der Waals surface area contributed by atoms with Gasteiger partial charge in [0.1, 0.15) is 5.75 Å². The first-order valence-electron chi connectivity index (χ1n) is 9.06. The highest BCUT2D eigenvalue weighted by atomic mass is 16.3. The van der Waals surface area contributed by atoms with Gasteiger partial charge in [-0.2, -0.15) is 0 Å². The lowest BCUT2D eigenvalue weighted by Crippen LogP contribution is -2.01. The molecule has 0 radical (unpaired) electrons. The Morgan fingerprint density at radius 2 is 1.44 bits per heavy atom. The van der Waals surface area contributed by atoms with Crippen LogP contribution in [-0.4, -0.2) is 5.11 Å². The van der Waals surface area contributed by atoms with E-state index >= 15 is 0 Å². The van der Waals surface area contributed by atoms with Crippen molar-refractivity contribution < 1.29 is 5.11 Å². The molecule has 1 nitrogen and oxygen atoms in total. The second kappa shape index (κ2) is 7.40. The number of aryl methyl sites for hydroxylation is 1. The highest BCUT2D eigenvalue weighted by Gasteiger charge is 2.18. The summed E-state index contributed by atoms with van der Waals surface area (Å²) < 4.78 is 0. The first kappa shape index (κ1) is 16.9. The second-order valence-electron chi connectivity index (χ2n) is 6.70. The maximum Gasteiger partial charge on any atom is 0.121 e. The fraction of sp³-hybridized carbons (Fsp3) is 0.0769. The van der Waals surface area contributed by atoms with Gasteiger partial charge in [-0.15, -0.1) is 0 Å². The smallest absolute Gasteiger partial charge is 0.121 e. The van der Waals surface area contributed by atoms with Crippen molar-refractivity contribution in [1.29, 1.82) is 0 Å². The molecule has 1 heteroatoms. The van der Waals surface area contributed by atoms with Crippen LogP contribution >= 0.6 is 0 Å². The molecule has 0 amide bonds. The van der Waals surface area contributed by atoms with Crippen molar-refractivity contribution in [3.63, 3.8) is 0 Å². The molecule has 1 N–H and O–H groups in total. The Morgan fingerprint density at radius 1 is 0.741 bits per heavy atom. The minimum atomic E-state index is -0.211. The van der Waals surface area contributed by atoms with Gasteiger partial charge in [-0.25, -0.2) is 0 Å². The molecule has 0 heterocycles. The van der Waals surface area contributed by atoms with Crippen LogP contribution in [0.1, 0.15) is 28.2 Å². The van der Waals surface area contributed by atoms with Crippen LogP contribution in [0.5, 0.6) is 5.75 Å². The lowest BCUT2D eigenvalue weighted by molar-refractivity contribution is 0.469. The minimum Gasteiger partial charge on any atom is -0.508 e. The Labute approximate surface area is 159 Å². The monoisotopic (exact) mass is 348 g/mol. The largest absolute Gasteiger partial charge is 0.508 e. The van der Waals surface area contributed by atoms with Gasteiger partial charge in [-0.3, -0.25) is 0 Å². The minimum absolute atomic E-state index is 0.211. The van der Waals surface area contributed by atoms with Gasteiger partial charge in [0.2, 0.25) is 0 Å². The van der Waals surface area contributed by atoms with E-state index in [4.69, 9.17) is 0 Å². The summed E-state index contributed by atoms with van der Waals surface area (Å²) in [6, 6.07) is 30.2. The van der Waals surface area contributed by atoms with E-state index in [9.17, 15) is 5.11 Å². The average molecular weight is 348 g/mol. The number of hydrogen-bond acceptors (Lipinski definition) is 1. The van der Waals surface area contributed by atoms with Gasteiger partial charge in [0.25, 0.3) is 0 Å². The summed E-state index contributed by atoms with van der Waals surface area (Å²) in [6.07, 6.45) is 0. The van der Waals surface area contributed by atoms with E-state index in [2.05, 4.69) is 55.2 Å². The van der Waals surface area contributed by atoms with E-state index in [1.54, 1.807) is 6.07 Å². The topological polar surface area (TPSA) is 20.2 Å². The van der Waals surface area contributed by atoms with E-state index in [0.29, 0.717) is 0 Å². The molecule has 0 aliphatic carbocycles. The summed E-state index contributed by atoms with van der Waals surface area (Å²) in [6.45, 7) is 2.07. The highest BCUT2D eigenvalue weighted by Crippen LogP contribution is 2.37. The van der Waals surface area contributed by atoms with Crippen molar-refractivity contribution in [3.8, 4) is 17.6 Å². The normalized spacial score (nSPS) is 11.6. The van der Waals surface area contributed by atoms with Crippen LogP contribution < -0.4 is 0 Å². The quantitative estimate of drug-likeness (QED) is 0.438. The first-order chi connectivity index (χ1) is 13.2. The third-order valence-corrected chi connectivity index (χ3v) is 4.78. The highest BCUT2D eigenvalue weighted by molar-refractivity contribution is 5.89. The third kappa shape index (κ3) is 3.57. The Balaban J connectivity index is 1.93. The number of benzene rings is 4. The lowest BCUT2D eigenvalue weighted by atomic mass is 9.87. The van der Waals surface area contributed by atoms with Gasteiger partial charge in [0, 0.05) is 11.1 Å². The summed E-state index contributed by atoms with van der Waals surface area (Å²) in [5.74, 6) is 6.77. The van der Waals surface area contributed by atoms with E-state index in [1.807, 2.05) is 48.5 Å². The first-order valence-corrected chi connectivity index (χ1v) is 9.06. The molecular weight excluding hydrogens is 328 g/mol. The maximum absolute atomic E-state index is 10.7. The molecule has 1 atom stereocenters. The number of rotatable bonds is 2. The van der Waals surface area contributed by atoms with Gasteiger partial charge in [0.15, 0.2) is 0 Å². The summed E-state index contributed by atoms with van der Waals surface area (Å²) in [7, 11) is 0. The Kier molecular flexibility index (Phi) is 4.64. The zero-order valence-corrected chi connectivity index (χ0v) is 15.2. The van der Waals surface area contributed by atoms with Crippen LogP contribution in [0.4, 0.5) is 0 Å². The van der Waals surface area contributed by atoms with Gasteiger partial charge >= 0.3 is 0 Å². The number of phenols is 1. The standard InChI is InChI=1S/C26H20O/c1-19-11-14-22(15-12-19)24(17-13-20-7-3-2-4-8-20)26-23-10-6-5-9-21(23)16-18-25(26)27/h2-12,14-16,18,24,27H,1H3. The van der Waals surface area contributed by atoms with Crippen LogP contribution in [-0.2, 0) is 0 Å². The molecule has 0 aliphatic heterocycles. The van der Waals surface area contributed by atoms with Gasteiger partial charge in [-0.05, 0) is 41.5 Å². The molecule has 4 aromatic carbocycles. The predicted octanol–water partition coefficient (Wildman–Crippen LogP) is 6.04. The summed E-state index contributed by atoms with van der Waals surface area (Å²) in [5, 5.41) is 12.9. The maximum atomic E-state index is 10.7. The van der Waals surface area contributed by atoms with Crippen molar-refractivity contribution in [2.45, 2.75) is 12.8 Å². The van der Waals surface area contributed by atoms with Gasteiger partial charge < -0.3 is 5.11 Å². The van der Waals surface area contributed by atoms with E-state index < -0.39 is 0 Å². The van der Waals surface area contributed by atoms with Crippen molar-refractivity contribution in [1.82, 2.24) is 0 Å². The van der Waals surface area contributed by atoms with Crippen molar-refractivity contribution in [2.75, 3.05) is 0 Å². The van der Waals surface area contributed by atoms with Crippen molar-refractivity contribution in [2.24, 2.45) is 0 Å². The lowest BCUT2D eigenvalue weighted by Gasteiger charge is -2.17. The summed E-state index contributed by atoms with van der Waals surface area (Å²) in [4.78, 5) is 0. The van der Waals surface area contributed by atoms with Crippen LogP contribution in [0.25, 0.3) is 10.8 Å². The van der Waals surface area contributed by atoms with Crippen LogP contribution in [0.3, 0.4) is 0 Å². The zero-order chi connectivity index (χ0) is 18.6. The molecule has 0 fully saturated rings. The Bertz CT molecular complexity index is 1130. The fourth-order valence-corrected chi connectivity index (χ4v) is 3.35. The molecule has 4 aromatic rings. The zero-order valence-electron chi connectivity index (χ0n) is 15.2. The van der Waals surface area contributed by atoms with Crippen molar-refractivity contribution >= 4 is 10.8 Å². The Hall–Kier alpha value is -3.50. The van der Waals surface area contributed by atoms with Crippen LogP contribution in [0.15, 0.2) is 91.0 Å². The van der Waals surface area contributed by atoms with E-state index in [0.717, 1.165) is 27.5 Å². The van der Waals surface area contributed by atoms with Gasteiger partial charge in [-0.1, -0.05) is 90.2 Å². The number of fused-ring (bicyclic) bond motifs is 1. The molecule has 0 saturated carbocycles. The van der Waals surface area contributed by atoms with E-state index in [-0.39, 0.29) is 11.7 Å². The predicted molar refractivity (Wildman–Crippen MR) is 112 cm³/mol. The van der Waals surface area contributed by atoms with Crippen LogP contribution in [0, 0.1) is 18.8 Å². The van der Waals surface area contributed by atoms with Gasteiger partial charge in [0.05, 0.1) is 5.92 Å². The third-order valence-electron chi connectivity index (χ3n) is 4.78. The second-order valence-corrected chi connectivity index (χ2v) is 6.70. The number of phenolic OH excluding ortho intramolecular Hbond substituents is 1. The SMILES string of the molecule is Cc1ccc(C(C#Cc2ccccc2)c2c(O)ccc3ccccc23)cc1. The summed E-state index contributed by atoms with van der Waals surface area (Å²) in [5.41, 5.74) is 4.11. The fourth-order valence-electron chi connectivity index (χ4n) is 3.35. The molecule has 1 unspecified atom stereocenters.